The van der Waals surface area contributed by atoms with Gasteiger partial charge < -0.3 is 0 Å². The van der Waals surface area contributed by atoms with Crippen molar-refractivity contribution in [1.82, 2.24) is 10.6 Å². The fraction of sp³-hybridized carbons (Fsp3) is 0.529. The van der Waals surface area contributed by atoms with Crippen molar-refractivity contribution in [1.29, 1.82) is 0 Å². The lowest BCUT2D eigenvalue weighted by atomic mass is 9.65. The van der Waals surface area contributed by atoms with E-state index >= 15 is 0 Å². The number of nitrogens with zero attached hydrogens (tertiary/aromatic N) is 2. The summed E-state index contributed by atoms with van der Waals surface area (Å²) in [6, 6.07) is 6.97. The SMILES string of the molecule is CN1N(c2cc3cc(F)ccc3s2)NOC12CC1CCC2CC1. The van der Waals surface area contributed by atoms with Crippen molar-refractivity contribution in [2.45, 2.75) is 37.8 Å². The number of rotatable bonds is 1. The van der Waals surface area contributed by atoms with Gasteiger partial charge in [0.2, 0.25) is 0 Å². The fourth-order valence-electron chi connectivity index (χ4n) is 4.64. The van der Waals surface area contributed by atoms with Crippen LogP contribution in [-0.2, 0) is 4.84 Å². The molecule has 1 saturated heterocycles. The molecule has 0 amide bonds. The van der Waals surface area contributed by atoms with Gasteiger partial charge in [0.15, 0.2) is 5.72 Å². The lowest BCUT2D eigenvalue weighted by Crippen LogP contribution is -2.58. The summed E-state index contributed by atoms with van der Waals surface area (Å²) in [5, 5.41) is 6.19. The Kier molecular flexibility index (Phi) is 3.01. The van der Waals surface area contributed by atoms with E-state index in [2.05, 4.69) is 17.6 Å². The predicted octanol–water partition coefficient (Wildman–Crippen LogP) is 4.05. The minimum atomic E-state index is -0.220. The third-order valence-corrected chi connectivity index (χ3v) is 6.99. The van der Waals surface area contributed by atoms with Crippen LogP contribution in [0, 0.1) is 17.7 Å². The fourth-order valence-corrected chi connectivity index (χ4v) is 5.66. The molecule has 1 unspecified atom stereocenters. The molecular weight excluding hydrogens is 313 g/mol. The Labute approximate surface area is 138 Å². The van der Waals surface area contributed by atoms with Gasteiger partial charge in [-0.1, -0.05) is 5.59 Å². The van der Waals surface area contributed by atoms with Crippen molar-refractivity contribution in [2.75, 3.05) is 12.2 Å². The van der Waals surface area contributed by atoms with E-state index in [4.69, 9.17) is 4.84 Å². The highest BCUT2D eigenvalue weighted by molar-refractivity contribution is 7.22. The third kappa shape index (κ3) is 1.99. The first-order chi connectivity index (χ1) is 11.2. The molecule has 2 bridgehead atoms. The number of nitrogens with one attached hydrogen (secondary N) is 1. The molecule has 1 spiro atoms. The van der Waals surface area contributed by atoms with E-state index in [0.717, 1.165) is 27.4 Å². The van der Waals surface area contributed by atoms with Crippen molar-refractivity contribution in [3.8, 4) is 0 Å². The molecule has 3 saturated carbocycles. The molecule has 4 aliphatic rings. The van der Waals surface area contributed by atoms with Crippen LogP contribution in [0.25, 0.3) is 10.1 Å². The molecule has 4 fully saturated rings. The summed E-state index contributed by atoms with van der Waals surface area (Å²) in [4.78, 5) is 6.15. The van der Waals surface area contributed by atoms with Gasteiger partial charge in [0.05, 0.1) is 0 Å². The van der Waals surface area contributed by atoms with E-state index in [1.54, 1.807) is 17.4 Å². The van der Waals surface area contributed by atoms with Crippen LogP contribution in [0.2, 0.25) is 0 Å². The number of halogens is 1. The molecule has 1 N–H and O–H groups in total. The molecule has 2 aromatic rings. The second-order valence-corrected chi connectivity index (χ2v) is 8.12. The first-order valence-electron chi connectivity index (χ1n) is 8.32. The summed E-state index contributed by atoms with van der Waals surface area (Å²) in [7, 11) is 2.10. The molecule has 1 aliphatic heterocycles. The summed E-state index contributed by atoms with van der Waals surface area (Å²) in [5.74, 6) is 1.17. The first kappa shape index (κ1) is 14.2. The molecule has 3 aliphatic carbocycles. The molecule has 1 atom stereocenters. The first-order valence-corrected chi connectivity index (χ1v) is 9.14. The summed E-state index contributed by atoms with van der Waals surface area (Å²) >= 11 is 1.65. The van der Waals surface area contributed by atoms with Gasteiger partial charge in [-0.25, -0.2) is 9.51 Å². The van der Waals surface area contributed by atoms with Crippen molar-refractivity contribution in [3.63, 3.8) is 0 Å². The molecule has 4 nitrogen and oxygen atoms in total. The number of hydrazine groups is 2. The highest BCUT2D eigenvalue weighted by Gasteiger charge is 2.56. The average Bonchev–Trinajstić information content (AvgIpc) is 3.11. The maximum absolute atomic E-state index is 13.4. The molecule has 23 heavy (non-hydrogen) atoms. The van der Waals surface area contributed by atoms with Crippen molar-refractivity contribution in [2.24, 2.45) is 11.8 Å². The Morgan fingerprint density at radius 3 is 2.83 bits per heavy atom. The van der Waals surface area contributed by atoms with Crippen LogP contribution in [0.3, 0.4) is 0 Å². The van der Waals surface area contributed by atoms with Gasteiger partial charge in [-0.15, -0.1) is 11.3 Å². The Balaban J connectivity index is 1.49. The van der Waals surface area contributed by atoms with Crippen molar-refractivity contribution in [3.05, 3.63) is 30.1 Å². The summed E-state index contributed by atoms with van der Waals surface area (Å²) in [5.41, 5.74) is 2.90. The van der Waals surface area contributed by atoms with E-state index in [1.165, 1.54) is 31.7 Å². The number of benzene rings is 1. The molecular formula is C17H20FN3OS. The highest BCUT2D eigenvalue weighted by atomic mass is 32.1. The Hall–Kier alpha value is -1.21. The van der Waals surface area contributed by atoms with E-state index in [0.29, 0.717) is 5.92 Å². The van der Waals surface area contributed by atoms with E-state index in [-0.39, 0.29) is 11.5 Å². The number of anilines is 1. The molecule has 1 aromatic heterocycles. The molecule has 1 aromatic carbocycles. The zero-order valence-corrected chi connectivity index (χ0v) is 13.9. The highest BCUT2D eigenvalue weighted by Crippen LogP contribution is 2.52. The summed E-state index contributed by atoms with van der Waals surface area (Å²) < 4.78 is 14.5. The Bertz CT molecular complexity index is 757. The standard InChI is InChI=1S/C17H20FN3OS/c1-20-17(10-11-2-4-13(17)5-3-11)22-19-21(20)16-9-12-8-14(18)6-7-15(12)23-16/h6-9,11,13,19H,2-5,10H2,1H3. The summed E-state index contributed by atoms with van der Waals surface area (Å²) in [6.07, 6.45) is 6.28. The third-order valence-electron chi connectivity index (χ3n) is 5.90. The normalized spacial score (nSPS) is 34.1. The van der Waals surface area contributed by atoms with Gasteiger partial charge >= 0.3 is 0 Å². The van der Waals surface area contributed by atoms with Crippen LogP contribution in [0.5, 0.6) is 0 Å². The molecule has 6 rings (SSSR count). The van der Waals surface area contributed by atoms with Gasteiger partial charge in [-0.3, -0.25) is 4.84 Å². The molecule has 6 heteroatoms. The van der Waals surface area contributed by atoms with Gasteiger partial charge in [0.25, 0.3) is 0 Å². The largest absolute Gasteiger partial charge is 0.256 e. The quantitative estimate of drug-likeness (QED) is 0.852. The number of fused-ring (bicyclic) bond motifs is 3. The van der Waals surface area contributed by atoms with E-state index in [1.807, 2.05) is 17.3 Å². The number of hydrogen-bond acceptors (Lipinski definition) is 5. The lowest BCUT2D eigenvalue weighted by molar-refractivity contribution is -0.193. The minimum Gasteiger partial charge on any atom is -0.256 e. The zero-order chi connectivity index (χ0) is 15.6. The Morgan fingerprint density at radius 1 is 1.26 bits per heavy atom. The predicted molar refractivity (Wildman–Crippen MR) is 89.0 cm³/mol. The van der Waals surface area contributed by atoms with Crippen LogP contribution in [-0.4, -0.2) is 17.8 Å². The van der Waals surface area contributed by atoms with Crippen molar-refractivity contribution >= 4 is 26.4 Å². The number of thiophene rings is 1. The number of hydrogen-bond donors (Lipinski definition) is 1. The topological polar surface area (TPSA) is 27.7 Å². The monoisotopic (exact) mass is 333 g/mol. The minimum absolute atomic E-state index is 0.193. The van der Waals surface area contributed by atoms with Gasteiger partial charge in [0, 0.05) is 17.7 Å². The van der Waals surface area contributed by atoms with E-state index in [9.17, 15) is 4.39 Å². The molecule has 2 heterocycles. The molecule has 122 valence electrons. The van der Waals surface area contributed by atoms with Crippen LogP contribution < -0.4 is 10.7 Å². The smallest absolute Gasteiger partial charge is 0.165 e. The molecule has 0 radical (unpaired) electrons. The van der Waals surface area contributed by atoms with E-state index < -0.39 is 0 Å². The zero-order valence-electron chi connectivity index (χ0n) is 13.1. The maximum Gasteiger partial charge on any atom is 0.165 e. The van der Waals surface area contributed by atoms with Gasteiger partial charge in [0.1, 0.15) is 10.8 Å². The van der Waals surface area contributed by atoms with Crippen LogP contribution in [0.15, 0.2) is 24.3 Å². The Morgan fingerprint density at radius 2 is 2.09 bits per heavy atom. The summed E-state index contributed by atoms with van der Waals surface area (Å²) in [6.45, 7) is 0. The second-order valence-electron chi connectivity index (χ2n) is 7.06. The van der Waals surface area contributed by atoms with Crippen molar-refractivity contribution < 1.29 is 9.23 Å². The van der Waals surface area contributed by atoms with Crippen LogP contribution in [0.4, 0.5) is 9.39 Å². The van der Waals surface area contributed by atoms with Crippen LogP contribution in [0.1, 0.15) is 32.1 Å². The second kappa shape index (κ2) is 4.89. The van der Waals surface area contributed by atoms with Crippen LogP contribution >= 0.6 is 11.3 Å². The van der Waals surface area contributed by atoms with Gasteiger partial charge in [-0.2, -0.15) is 5.01 Å². The lowest BCUT2D eigenvalue weighted by Gasteiger charge is -2.50. The van der Waals surface area contributed by atoms with Gasteiger partial charge in [-0.05, 0) is 67.7 Å². The average molecular weight is 333 g/mol. The maximum atomic E-state index is 13.4.